The summed E-state index contributed by atoms with van der Waals surface area (Å²) in [4.78, 5) is 23.9. The van der Waals surface area contributed by atoms with Crippen molar-refractivity contribution in [2.45, 2.75) is 45.1 Å². The number of anilines is 1. The summed E-state index contributed by atoms with van der Waals surface area (Å²) in [5.41, 5.74) is 3.18. The molecule has 2 aliphatic rings. The molecule has 1 amide bonds. The van der Waals surface area contributed by atoms with Gasteiger partial charge >= 0.3 is 0 Å². The van der Waals surface area contributed by atoms with E-state index in [1.807, 2.05) is 30.0 Å². The zero-order chi connectivity index (χ0) is 17.2. The number of nitrogens with zero attached hydrogens (tertiary/aromatic N) is 3. The van der Waals surface area contributed by atoms with Crippen LogP contribution in [0.15, 0.2) is 30.3 Å². The van der Waals surface area contributed by atoms with Gasteiger partial charge in [0.1, 0.15) is 11.6 Å². The molecule has 1 N–H and O–H groups in total. The number of aromatic nitrogens is 2. The molecule has 5 nitrogen and oxygen atoms in total. The molecule has 1 saturated heterocycles. The highest BCUT2D eigenvalue weighted by Gasteiger charge is 2.32. The minimum absolute atomic E-state index is 0.136. The molecule has 5 heteroatoms. The molecule has 2 aromatic rings. The Morgan fingerprint density at radius 1 is 1.20 bits per heavy atom. The van der Waals surface area contributed by atoms with Gasteiger partial charge in [-0.3, -0.25) is 9.69 Å². The van der Waals surface area contributed by atoms with Crippen LogP contribution in [0.25, 0.3) is 0 Å². The van der Waals surface area contributed by atoms with Crippen LogP contribution in [-0.2, 0) is 17.6 Å². The van der Waals surface area contributed by atoms with Crippen molar-refractivity contribution >= 4 is 11.7 Å². The second-order valence-corrected chi connectivity index (χ2v) is 6.93. The Labute approximate surface area is 148 Å². The van der Waals surface area contributed by atoms with Crippen LogP contribution in [0.1, 0.15) is 47.9 Å². The summed E-state index contributed by atoms with van der Waals surface area (Å²) < 4.78 is 0. The van der Waals surface area contributed by atoms with Crippen molar-refractivity contribution in [3.05, 3.63) is 53.0 Å². The number of carbonyl (C=O) groups excluding carboxylic acids is 1. The topological polar surface area (TPSA) is 58.1 Å². The minimum Gasteiger partial charge on any atom is -0.307 e. The van der Waals surface area contributed by atoms with E-state index in [0.717, 1.165) is 42.3 Å². The average Bonchev–Trinajstić information content (AvgIpc) is 2.97. The fourth-order valence-electron chi connectivity index (χ4n) is 3.74. The monoisotopic (exact) mass is 336 g/mol. The number of fused-ring (bicyclic) bond motifs is 1. The van der Waals surface area contributed by atoms with Crippen molar-refractivity contribution < 1.29 is 4.79 Å². The van der Waals surface area contributed by atoms with E-state index in [2.05, 4.69) is 17.4 Å². The van der Waals surface area contributed by atoms with Crippen LogP contribution < -0.4 is 10.2 Å². The number of hydrogen-bond acceptors (Lipinski definition) is 4. The van der Waals surface area contributed by atoms with Crippen molar-refractivity contribution in [1.29, 1.82) is 0 Å². The molecule has 3 heterocycles. The first-order chi connectivity index (χ1) is 12.2. The van der Waals surface area contributed by atoms with E-state index < -0.39 is 0 Å². The highest BCUT2D eigenvalue weighted by Crippen LogP contribution is 2.31. The highest BCUT2D eigenvalue weighted by molar-refractivity contribution is 6.00. The Balaban J connectivity index is 1.59. The molecule has 1 aromatic heterocycles. The summed E-state index contributed by atoms with van der Waals surface area (Å²) in [5.74, 6) is 1.81. The molecule has 25 heavy (non-hydrogen) atoms. The number of amides is 1. The summed E-state index contributed by atoms with van der Waals surface area (Å²) in [7, 11) is 0. The lowest BCUT2D eigenvalue weighted by atomic mass is 10.0. The lowest BCUT2D eigenvalue weighted by Crippen LogP contribution is -2.31. The zero-order valence-corrected chi connectivity index (χ0v) is 14.7. The molecule has 0 unspecified atom stereocenters. The molecule has 4 rings (SSSR count). The summed E-state index contributed by atoms with van der Waals surface area (Å²) in [6.45, 7) is 3.69. The van der Waals surface area contributed by atoms with E-state index in [1.165, 1.54) is 18.4 Å². The van der Waals surface area contributed by atoms with E-state index in [4.69, 9.17) is 9.97 Å². The second-order valence-electron chi connectivity index (χ2n) is 6.93. The molecule has 1 atom stereocenters. The molecular weight excluding hydrogens is 312 g/mol. The summed E-state index contributed by atoms with van der Waals surface area (Å²) in [5, 5.41) is 3.51. The number of piperidine rings is 1. The number of benzene rings is 1. The average molecular weight is 336 g/mol. The van der Waals surface area contributed by atoms with E-state index in [-0.39, 0.29) is 11.9 Å². The number of nitrogens with one attached hydrogen (secondary N) is 1. The van der Waals surface area contributed by atoms with Crippen molar-refractivity contribution in [3.63, 3.8) is 0 Å². The smallest absolute Gasteiger partial charge is 0.232 e. The molecule has 2 aliphatic heterocycles. The Bertz CT molecular complexity index is 769. The highest BCUT2D eigenvalue weighted by atomic mass is 16.2. The van der Waals surface area contributed by atoms with Gasteiger partial charge in [0, 0.05) is 17.8 Å². The van der Waals surface area contributed by atoms with Gasteiger partial charge in [0.05, 0.1) is 12.5 Å². The van der Waals surface area contributed by atoms with Crippen LogP contribution in [0.3, 0.4) is 0 Å². The van der Waals surface area contributed by atoms with Gasteiger partial charge in [-0.2, -0.15) is 0 Å². The maximum atomic E-state index is 12.5. The van der Waals surface area contributed by atoms with Crippen LogP contribution in [-0.4, -0.2) is 29.0 Å². The Hall–Kier alpha value is -2.27. The molecular formula is C20H24N4O. The first-order valence-electron chi connectivity index (χ1n) is 9.17. The van der Waals surface area contributed by atoms with Gasteiger partial charge in [-0.05, 0) is 38.3 Å². The van der Waals surface area contributed by atoms with Crippen LogP contribution in [0.4, 0.5) is 5.82 Å². The van der Waals surface area contributed by atoms with Gasteiger partial charge in [-0.1, -0.05) is 36.8 Å². The third-order valence-electron chi connectivity index (χ3n) is 5.18. The Kier molecular flexibility index (Phi) is 4.49. The number of carbonyl (C=O) groups is 1. The molecule has 130 valence electrons. The second kappa shape index (κ2) is 6.92. The molecule has 0 aliphatic carbocycles. The largest absolute Gasteiger partial charge is 0.307 e. The van der Waals surface area contributed by atoms with Gasteiger partial charge in [0.25, 0.3) is 0 Å². The van der Waals surface area contributed by atoms with Gasteiger partial charge in [-0.25, -0.2) is 9.97 Å². The molecule has 0 spiro atoms. The molecule has 1 fully saturated rings. The van der Waals surface area contributed by atoms with Crippen molar-refractivity contribution in [3.8, 4) is 0 Å². The number of hydrogen-bond donors (Lipinski definition) is 1. The predicted molar refractivity (Wildman–Crippen MR) is 97.6 cm³/mol. The van der Waals surface area contributed by atoms with Gasteiger partial charge in [-0.15, -0.1) is 0 Å². The molecule has 1 aromatic carbocycles. The molecule has 0 radical (unpaired) electrons. The van der Waals surface area contributed by atoms with Crippen molar-refractivity contribution in [1.82, 2.24) is 15.3 Å². The van der Waals surface area contributed by atoms with E-state index >= 15 is 0 Å². The normalized spacial score (nSPS) is 20.0. The standard InChI is InChI=1S/C20H24N4O/c1-14-16-13-18(25)24(12-10-15-7-3-2-4-8-15)20(16)23-19(22-14)17-9-5-6-11-21-17/h2-4,7-8,17,21H,5-6,9-13H2,1H3/t17-/m1/s1. The summed E-state index contributed by atoms with van der Waals surface area (Å²) in [6, 6.07) is 10.5. The van der Waals surface area contributed by atoms with Crippen LogP contribution in [0.5, 0.6) is 0 Å². The third-order valence-corrected chi connectivity index (χ3v) is 5.18. The van der Waals surface area contributed by atoms with Crippen LogP contribution >= 0.6 is 0 Å². The van der Waals surface area contributed by atoms with E-state index in [9.17, 15) is 4.79 Å². The fraction of sp³-hybridized carbons (Fsp3) is 0.450. The van der Waals surface area contributed by atoms with E-state index in [1.54, 1.807) is 0 Å². The quantitative estimate of drug-likeness (QED) is 0.933. The minimum atomic E-state index is 0.136. The lowest BCUT2D eigenvalue weighted by Gasteiger charge is -2.24. The zero-order valence-electron chi connectivity index (χ0n) is 14.7. The van der Waals surface area contributed by atoms with Crippen molar-refractivity contribution in [2.24, 2.45) is 0 Å². The Morgan fingerprint density at radius 2 is 2.04 bits per heavy atom. The summed E-state index contributed by atoms with van der Waals surface area (Å²) in [6.07, 6.45) is 4.74. The fourth-order valence-corrected chi connectivity index (χ4v) is 3.74. The molecule has 0 saturated carbocycles. The first kappa shape index (κ1) is 16.2. The first-order valence-corrected chi connectivity index (χ1v) is 9.17. The number of rotatable bonds is 4. The maximum Gasteiger partial charge on any atom is 0.232 e. The van der Waals surface area contributed by atoms with Crippen molar-refractivity contribution in [2.75, 3.05) is 18.0 Å². The Morgan fingerprint density at radius 3 is 2.80 bits per heavy atom. The predicted octanol–water partition coefficient (Wildman–Crippen LogP) is 2.73. The molecule has 0 bridgehead atoms. The lowest BCUT2D eigenvalue weighted by molar-refractivity contribution is -0.117. The maximum absolute atomic E-state index is 12.5. The van der Waals surface area contributed by atoms with Gasteiger partial charge < -0.3 is 5.32 Å². The van der Waals surface area contributed by atoms with Gasteiger partial charge in [0.15, 0.2) is 0 Å². The number of aryl methyl sites for hydroxylation is 1. The van der Waals surface area contributed by atoms with Gasteiger partial charge in [0.2, 0.25) is 5.91 Å². The third kappa shape index (κ3) is 3.29. The van der Waals surface area contributed by atoms with Crippen LogP contribution in [0, 0.1) is 6.92 Å². The van der Waals surface area contributed by atoms with E-state index in [0.29, 0.717) is 13.0 Å². The summed E-state index contributed by atoms with van der Waals surface area (Å²) >= 11 is 0. The van der Waals surface area contributed by atoms with Crippen LogP contribution in [0.2, 0.25) is 0 Å². The SMILES string of the molecule is Cc1nc([C@H]2CCCCN2)nc2c1CC(=O)N2CCc1ccccc1.